The number of nitrogens with zero attached hydrogens (tertiary/aromatic N) is 1. The molecule has 0 spiro atoms. The van der Waals surface area contributed by atoms with Crippen LogP contribution in [0.15, 0.2) is 70.5 Å². The molecule has 0 aromatic heterocycles. The summed E-state index contributed by atoms with van der Waals surface area (Å²) in [5, 5.41) is -0.162. The molecule has 0 aliphatic carbocycles. The van der Waals surface area contributed by atoms with Crippen molar-refractivity contribution in [3.63, 3.8) is 0 Å². The van der Waals surface area contributed by atoms with Gasteiger partial charge >= 0.3 is 0 Å². The van der Waals surface area contributed by atoms with Crippen molar-refractivity contribution in [2.24, 2.45) is 0 Å². The first-order valence-electron chi connectivity index (χ1n) is 9.03. The molecule has 7 heteroatoms. The van der Waals surface area contributed by atoms with Crippen molar-refractivity contribution in [3.05, 3.63) is 60.7 Å². The van der Waals surface area contributed by atoms with Crippen LogP contribution in [0.25, 0.3) is 0 Å². The van der Waals surface area contributed by atoms with Crippen molar-refractivity contribution in [1.29, 1.82) is 0 Å². The van der Waals surface area contributed by atoms with Gasteiger partial charge in [-0.25, -0.2) is 13.1 Å². The van der Waals surface area contributed by atoms with Gasteiger partial charge in [0.25, 0.3) is 0 Å². The van der Waals surface area contributed by atoms with Gasteiger partial charge in [-0.15, -0.1) is 11.8 Å². The maximum Gasteiger partial charge on any atom is 0.240 e. The molecule has 27 heavy (non-hydrogen) atoms. The van der Waals surface area contributed by atoms with Gasteiger partial charge in [0, 0.05) is 24.0 Å². The summed E-state index contributed by atoms with van der Waals surface area (Å²) in [6, 6.07) is 18.1. The minimum absolute atomic E-state index is 0.105. The Morgan fingerprint density at radius 2 is 1.59 bits per heavy atom. The zero-order valence-electron chi connectivity index (χ0n) is 15.2. The van der Waals surface area contributed by atoms with Gasteiger partial charge in [-0.3, -0.25) is 4.79 Å². The fourth-order valence-electron chi connectivity index (χ4n) is 3.12. The third-order valence-electron chi connectivity index (χ3n) is 4.59. The molecule has 1 saturated heterocycles. The van der Waals surface area contributed by atoms with Gasteiger partial charge in [0.15, 0.2) is 0 Å². The molecule has 1 aliphatic rings. The van der Waals surface area contributed by atoms with Crippen molar-refractivity contribution in [2.45, 2.75) is 40.8 Å². The van der Waals surface area contributed by atoms with E-state index in [0.717, 1.165) is 4.90 Å². The zero-order chi connectivity index (χ0) is 19.3. The number of piperidine rings is 1. The van der Waals surface area contributed by atoms with Gasteiger partial charge < -0.3 is 4.90 Å². The van der Waals surface area contributed by atoms with Crippen molar-refractivity contribution in [3.8, 4) is 0 Å². The first-order valence-corrected chi connectivity index (χ1v) is 11.4. The molecule has 1 fully saturated rings. The van der Waals surface area contributed by atoms with Crippen LogP contribution in [-0.4, -0.2) is 43.6 Å². The number of benzene rings is 2. The zero-order valence-corrected chi connectivity index (χ0v) is 16.9. The highest BCUT2D eigenvalue weighted by molar-refractivity contribution is 8.00. The predicted octanol–water partition coefficient (Wildman–Crippen LogP) is 3.14. The molecule has 5 nitrogen and oxygen atoms in total. The standard InChI is InChI=1S/C20H24N2O3S2/c1-16(26-18-8-4-2-5-9-18)20(23)22-14-12-17(13-15-22)21-27(24,25)19-10-6-3-7-11-19/h2-11,16-17,21H,12-15H2,1H3. The molecule has 1 unspecified atom stereocenters. The highest BCUT2D eigenvalue weighted by Crippen LogP contribution is 2.25. The average molecular weight is 405 g/mol. The Morgan fingerprint density at radius 1 is 1.04 bits per heavy atom. The number of sulfonamides is 1. The molecule has 144 valence electrons. The Hall–Kier alpha value is -1.83. The number of amides is 1. The summed E-state index contributed by atoms with van der Waals surface area (Å²) in [7, 11) is -3.51. The van der Waals surface area contributed by atoms with E-state index in [0.29, 0.717) is 25.9 Å². The Kier molecular flexibility index (Phi) is 6.57. The lowest BCUT2D eigenvalue weighted by molar-refractivity contribution is -0.131. The summed E-state index contributed by atoms with van der Waals surface area (Å²) in [6.07, 6.45) is 1.25. The summed E-state index contributed by atoms with van der Waals surface area (Å²) in [6.45, 7) is 3.06. The number of likely N-dealkylation sites (tertiary alicyclic amines) is 1. The topological polar surface area (TPSA) is 66.5 Å². The van der Waals surface area contributed by atoms with Crippen molar-refractivity contribution < 1.29 is 13.2 Å². The fraction of sp³-hybridized carbons (Fsp3) is 0.350. The maximum atomic E-state index is 12.7. The lowest BCUT2D eigenvalue weighted by Crippen LogP contribution is -2.48. The van der Waals surface area contributed by atoms with Crippen LogP contribution in [0.3, 0.4) is 0 Å². The second-order valence-corrected chi connectivity index (χ2v) is 9.74. The number of thioether (sulfide) groups is 1. The molecule has 0 saturated carbocycles. The lowest BCUT2D eigenvalue weighted by atomic mass is 10.1. The first kappa shape index (κ1) is 19.9. The molecule has 0 radical (unpaired) electrons. The van der Waals surface area contributed by atoms with Crippen LogP contribution in [0.5, 0.6) is 0 Å². The average Bonchev–Trinajstić information content (AvgIpc) is 2.69. The molecule has 0 bridgehead atoms. The molecule has 1 amide bonds. The monoisotopic (exact) mass is 404 g/mol. The number of hydrogen-bond donors (Lipinski definition) is 1. The molecule has 1 N–H and O–H groups in total. The number of carbonyl (C=O) groups excluding carboxylic acids is 1. The Labute approximate surface area is 165 Å². The molecule has 2 aromatic carbocycles. The lowest BCUT2D eigenvalue weighted by Gasteiger charge is -2.33. The van der Waals surface area contributed by atoms with Crippen LogP contribution >= 0.6 is 11.8 Å². The smallest absolute Gasteiger partial charge is 0.240 e. The number of carbonyl (C=O) groups is 1. The summed E-state index contributed by atoms with van der Waals surface area (Å²) >= 11 is 1.55. The highest BCUT2D eigenvalue weighted by atomic mass is 32.2. The van der Waals surface area contributed by atoms with E-state index < -0.39 is 10.0 Å². The first-order chi connectivity index (χ1) is 13.0. The van der Waals surface area contributed by atoms with E-state index in [1.54, 1.807) is 42.1 Å². The molecule has 1 atom stereocenters. The van der Waals surface area contributed by atoms with Gasteiger partial charge in [-0.2, -0.15) is 0 Å². The number of hydrogen-bond acceptors (Lipinski definition) is 4. The van der Waals surface area contributed by atoms with Crippen molar-refractivity contribution >= 4 is 27.7 Å². The normalized spacial score (nSPS) is 16.9. The Bertz CT molecular complexity index is 849. The fourth-order valence-corrected chi connectivity index (χ4v) is 5.41. The van der Waals surface area contributed by atoms with Gasteiger partial charge in [-0.1, -0.05) is 36.4 Å². The van der Waals surface area contributed by atoms with Crippen LogP contribution < -0.4 is 4.72 Å². The third-order valence-corrected chi connectivity index (χ3v) is 7.22. The van der Waals surface area contributed by atoms with Gasteiger partial charge in [-0.05, 0) is 44.0 Å². The summed E-state index contributed by atoms with van der Waals surface area (Å²) in [4.78, 5) is 15.9. The van der Waals surface area contributed by atoms with Crippen LogP contribution in [0.1, 0.15) is 19.8 Å². The minimum Gasteiger partial charge on any atom is -0.342 e. The SMILES string of the molecule is CC(Sc1ccccc1)C(=O)N1CCC(NS(=O)(=O)c2ccccc2)CC1. The van der Waals surface area contributed by atoms with E-state index in [2.05, 4.69) is 4.72 Å². The third kappa shape index (κ3) is 5.34. The van der Waals surface area contributed by atoms with E-state index >= 15 is 0 Å². The molecule has 3 rings (SSSR count). The molecule has 2 aromatic rings. The quantitative estimate of drug-likeness (QED) is 0.751. The van der Waals surface area contributed by atoms with Crippen LogP contribution in [0.2, 0.25) is 0 Å². The van der Waals surface area contributed by atoms with Crippen LogP contribution in [0.4, 0.5) is 0 Å². The van der Waals surface area contributed by atoms with Crippen molar-refractivity contribution in [2.75, 3.05) is 13.1 Å². The van der Waals surface area contributed by atoms with Gasteiger partial charge in [0.2, 0.25) is 15.9 Å². The minimum atomic E-state index is -3.51. The molecular weight excluding hydrogens is 380 g/mol. The Balaban J connectivity index is 1.52. The van der Waals surface area contributed by atoms with Crippen LogP contribution in [-0.2, 0) is 14.8 Å². The predicted molar refractivity (Wildman–Crippen MR) is 108 cm³/mol. The van der Waals surface area contributed by atoms with Gasteiger partial charge in [0.1, 0.15) is 0 Å². The van der Waals surface area contributed by atoms with E-state index in [4.69, 9.17) is 0 Å². The van der Waals surface area contributed by atoms with E-state index in [1.165, 1.54) is 0 Å². The molecule has 1 heterocycles. The number of nitrogens with one attached hydrogen (secondary N) is 1. The van der Waals surface area contributed by atoms with E-state index in [9.17, 15) is 13.2 Å². The largest absolute Gasteiger partial charge is 0.342 e. The van der Waals surface area contributed by atoms with Gasteiger partial charge in [0.05, 0.1) is 10.1 Å². The number of rotatable bonds is 6. The van der Waals surface area contributed by atoms with Crippen molar-refractivity contribution in [1.82, 2.24) is 9.62 Å². The second kappa shape index (κ2) is 8.91. The van der Waals surface area contributed by atoms with E-state index in [1.807, 2.05) is 42.2 Å². The highest BCUT2D eigenvalue weighted by Gasteiger charge is 2.28. The van der Waals surface area contributed by atoms with Crippen LogP contribution in [0, 0.1) is 0 Å². The summed E-state index contributed by atoms with van der Waals surface area (Å²) in [5.74, 6) is 0.105. The molecular formula is C20H24N2O3S2. The Morgan fingerprint density at radius 3 is 2.19 bits per heavy atom. The summed E-state index contributed by atoms with van der Waals surface area (Å²) in [5.41, 5.74) is 0. The second-order valence-electron chi connectivity index (χ2n) is 6.61. The van der Waals surface area contributed by atoms with E-state index in [-0.39, 0.29) is 22.1 Å². The summed E-state index contributed by atoms with van der Waals surface area (Å²) < 4.78 is 27.6. The molecule has 1 aliphatic heterocycles. The maximum absolute atomic E-state index is 12.7.